The van der Waals surface area contributed by atoms with Crippen molar-refractivity contribution in [3.63, 3.8) is 0 Å². The third-order valence-electron chi connectivity index (χ3n) is 3.47. The maximum absolute atomic E-state index is 5.15. The number of methoxy groups -OCH3 is 1. The van der Waals surface area contributed by atoms with E-state index in [9.17, 15) is 0 Å². The number of rotatable bonds is 4. The summed E-state index contributed by atoms with van der Waals surface area (Å²) in [5.41, 5.74) is 4.24. The maximum Gasteiger partial charge on any atom is 0.0503 e. The van der Waals surface area contributed by atoms with Crippen molar-refractivity contribution in [2.24, 2.45) is 5.92 Å². The van der Waals surface area contributed by atoms with E-state index < -0.39 is 0 Å². The molecule has 0 saturated heterocycles. The number of benzene rings is 1. The molecule has 0 aromatic heterocycles. The van der Waals surface area contributed by atoms with Crippen LogP contribution in [-0.2, 0) is 17.6 Å². The highest BCUT2D eigenvalue weighted by Crippen LogP contribution is 2.29. The molecule has 0 spiro atoms. The number of ether oxygens (including phenoxy) is 1. The monoisotopic (exact) mass is 219 g/mol. The van der Waals surface area contributed by atoms with Crippen molar-refractivity contribution < 1.29 is 4.74 Å². The van der Waals surface area contributed by atoms with Gasteiger partial charge in [0.15, 0.2) is 0 Å². The Hall–Kier alpha value is -1.02. The SMILES string of the molecule is CCC1CNc2c(CCOC)cccc2C1. The molecule has 0 bridgehead atoms. The predicted molar refractivity (Wildman–Crippen MR) is 68.0 cm³/mol. The zero-order chi connectivity index (χ0) is 11.4. The van der Waals surface area contributed by atoms with Gasteiger partial charge in [-0.25, -0.2) is 0 Å². The van der Waals surface area contributed by atoms with Gasteiger partial charge in [-0.1, -0.05) is 31.5 Å². The fourth-order valence-electron chi connectivity index (χ4n) is 2.39. The van der Waals surface area contributed by atoms with Crippen LogP contribution in [0, 0.1) is 5.92 Å². The molecule has 2 rings (SSSR count). The molecule has 1 heterocycles. The van der Waals surface area contributed by atoms with E-state index in [2.05, 4.69) is 30.4 Å². The van der Waals surface area contributed by atoms with Crippen LogP contribution in [0.1, 0.15) is 24.5 Å². The highest BCUT2D eigenvalue weighted by Gasteiger charge is 2.18. The molecular formula is C14H21NO. The van der Waals surface area contributed by atoms with E-state index in [4.69, 9.17) is 4.74 Å². The van der Waals surface area contributed by atoms with E-state index in [1.165, 1.54) is 29.7 Å². The molecule has 1 aliphatic heterocycles. The molecule has 1 N–H and O–H groups in total. The first-order valence-corrected chi connectivity index (χ1v) is 6.18. The van der Waals surface area contributed by atoms with Crippen LogP contribution in [-0.4, -0.2) is 20.3 Å². The van der Waals surface area contributed by atoms with Gasteiger partial charge >= 0.3 is 0 Å². The fourth-order valence-corrected chi connectivity index (χ4v) is 2.39. The summed E-state index contributed by atoms with van der Waals surface area (Å²) in [7, 11) is 1.76. The van der Waals surface area contributed by atoms with Crippen molar-refractivity contribution in [1.82, 2.24) is 0 Å². The summed E-state index contributed by atoms with van der Waals surface area (Å²) in [6, 6.07) is 6.63. The quantitative estimate of drug-likeness (QED) is 0.840. The van der Waals surface area contributed by atoms with Crippen LogP contribution in [0.25, 0.3) is 0 Å². The Morgan fingerprint density at radius 3 is 3.06 bits per heavy atom. The average molecular weight is 219 g/mol. The molecule has 0 amide bonds. The minimum atomic E-state index is 0.796. The molecule has 0 saturated carbocycles. The molecule has 1 aliphatic rings. The van der Waals surface area contributed by atoms with Gasteiger partial charge in [0.2, 0.25) is 0 Å². The summed E-state index contributed by atoms with van der Waals surface area (Å²) in [6.45, 7) is 4.19. The van der Waals surface area contributed by atoms with Gasteiger partial charge in [0, 0.05) is 19.3 Å². The second-order valence-electron chi connectivity index (χ2n) is 4.55. The van der Waals surface area contributed by atoms with Crippen LogP contribution >= 0.6 is 0 Å². The summed E-state index contributed by atoms with van der Waals surface area (Å²) in [4.78, 5) is 0. The van der Waals surface area contributed by atoms with Gasteiger partial charge in [-0.15, -0.1) is 0 Å². The summed E-state index contributed by atoms with van der Waals surface area (Å²) in [5.74, 6) is 0.796. The van der Waals surface area contributed by atoms with Crippen molar-refractivity contribution in [2.75, 3.05) is 25.6 Å². The Bertz CT molecular complexity index is 334. The molecule has 0 radical (unpaired) electrons. The molecule has 1 aromatic rings. The normalized spacial score (nSPS) is 19.0. The molecule has 0 fully saturated rings. The third-order valence-corrected chi connectivity index (χ3v) is 3.47. The van der Waals surface area contributed by atoms with Gasteiger partial charge < -0.3 is 10.1 Å². The molecule has 1 atom stereocenters. The van der Waals surface area contributed by atoms with Crippen LogP contribution in [0.3, 0.4) is 0 Å². The van der Waals surface area contributed by atoms with E-state index in [1.54, 1.807) is 7.11 Å². The number of anilines is 1. The third kappa shape index (κ3) is 2.38. The van der Waals surface area contributed by atoms with Crippen LogP contribution in [0.5, 0.6) is 0 Å². The molecule has 1 aromatic carbocycles. The van der Waals surface area contributed by atoms with E-state index >= 15 is 0 Å². The first-order valence-electron chi connectivity index (χ1n) is 6.18. The molecule has 2 heteroatoms. The number of hydrogen-bond acceptors (Lipinski definition) is 2. The maximum atomic E-state index is 5.15. The van der Waals surface area contributed by atoms with Gasteiger partial charge in [-0.2, -0.15) is 0 Å². The standard InChI is InChI=1S/C14H21NO/c1-3-11-9-13-6-4-5-12(7-8-16-2)14(13)15-10-11/h4-6,11,15H,3,7-10H2,1-2H3. The minimum Gasteiger partial charge on any atom is -0.384 e. The van der Waals surface area contributed by atoms with Crippen LogP contribution in [0.15, 0.2) is 18.2 Å². The van der Waals surface area contributed by atoms with E-state index in [0.29, 0.717) is 0 Å². The lowest BCUT2D eigenvalue weighted by Gasteiger charge is -2.27. The molecule has 2 nitrogen and oxygen atoms in total. The summed E-state index contributed by atoms with van der Waals surface area (Å²) >= 11 is 0. The van der Waals surface area contributed by atoms with Crippen molar-refractivity contribution in [3.8, 4) is 0 Å². The van der Waals surface area contributed by atoms with Crippen molar-refractivity contribution in [2.45, 2.75) is 26.2 Å². The van der Waals surface area contributed by atoms with Gasteiger partial charge in [0.1, 0.15) is 0 Å². The molecule has 16 heavy (non-hydrogen) atoms. The lowest BCUT2D eigenvalue weighted by Crippen LogP contribution is -2.23. The minimum absolute atomic E-state index is 0.796. The lowest BCUT2D eigenvalue weighted by molar-refractivity contribution is 0.202. The smallest absolute Gasteiger partial charge is 0.0503 e. The second-order valence-corrected chi connectivity index (χ2v) is 4.55. The zero-order valence-electron chi connectivity index (χ0n) is 10.3. The van der Waals surface area contributed by atoms with Crippen molar-refractivity contribution >= 4 is 5.69 Å². The van der Waals surface area contributed by atoms with Crippen LogP contribution < -0.4 is 5.32 Å². The summed E-state index contributed by atoms with van der Waals surface area (Å²) < 4.78 is 5.15. The van der Waals surface area contributed by atoms with Crippen LogP contribution in [0.4, 0.5) is 5.69 Å². The highest BCUT2D eigenvalue weighted by atomic mass is 16.5. The predicted octanol–water partition coefficient (Wildman–Crippen LogP) is 2.87. The Morgan fingerprint density at radius 1 is 1.44 bits per heavy atom. The van der Waals surface area contributed by atoms with Gasteiger partial charge in [0.05, 0.1) is 6.61 Å². The van der Waals surface area contributed by atoms with E-state index in [1.807, 2.05) is 0 Å². The molecule has 1 unspecified atom stereocenters. The average Bonchev–Trinajstić information content (AvgIpc) is 2.35. The summed E-state index contributed by atoms with van der Waals surface area (Å²) in [5, 5.41) is 3.59. The Morgan fingerprint density at radius 2 is 2.31 bits per heavy atom. The summed E-state index contributed by atoms with van der Waals surface area (Å²) in [6.07, 6.45) is 3.48. The number of nitrogens with one attached hydrogen (secondary N) is 1. The van der Waals surface area contributed by atoms with Gasteiger partial charge in [-0.3, -0.25) is 0 Å². The molecular weight excluding hydrogens is 198 g/mol. The largest absolute Gasteiger partial charge is 0.384 e. The zero-order valence-corrected chi connectivity index (χ0v) is 10.3. The van der Waals surface area contributed by atoms with E-state index in [0.717, 1.165) is 25.5 Å². The highest BCUT2D eigenvalue weighted by molar-refractivity contribution is 5.59. The molecule has 88 valence electrons. The lowest BCUT2D eigenvalue weighted by atomic mass is 9.90. The number of fused-ring (bicyclic) bond motifs is 1. The first-order chi connectivity index (χ1) is 7.85. The number of hydrogen-bond donors (Lipinski definition) is 1. The van der Waals surface area contributed by atoms with E-state index in [-0.39, 0.29) is 0 Å². The van der Waals surface area contributed by atoms with Crippen LogP contribution in [0.2, 0.25) is 0 Å². The Labute approximate surface area is 98.0 Å². The Balaban J connectivity index is 2.17. The van der Waals surface area contributed by atoms with Gasteiger partial charge in [0.25, 0.3) is 0 Å². The topological polar surface area (TPSA) is 21.3 Å². The molecule has 0 aliphatic carbocycles. The first kappa shape index (κ1) is 11.5. The number of para-hydroxylation sites is 1. The second kappa shape index (κ2) is 5.35. The Kier molecular flexibility index (Phi) is 3.83. The fraction of sp³-hybridized carbons (Fsp3) is 0.571. The van der Waals surface area contributed by atoms with Crippen molar-refractivity contribution in [3.05, 3.63) is 29.3 Å². The van der Waals surface area contributed by atoms with Crippen molar-refractivity contribution in [1.29, 1.82) is 0 Å². The van der Waals surface area contributed by atoms with Gasteiger partial charge in [-0.05, 0) is 29.9 Å².